The van der Waals surface area contributed by atoms with E-state index in [1.807, 2.05) is 19.3 Å². The van der Waals surface area contributed by atoms with Crippen LogP contribution in [0, 0.1) is 6.92 Å². The topological polar surface area (TPSA) is 60.9 Å². The van der Waals surface area contributed by atoms with E-state index >= 15 is 0 Å². The van der Waals surface area contributed by atoms with E-state index < -0.39 is 0 Å². The number of nitrogens with one attached hydrogen (secondary N) is 1. The van der Waals surface area contributed by atoms with Crippen molar-refractivity contribution in [3.05, 3.63) is 41.5 Å². The number of hydrogen-bond acceptors (Lipinski definition) is 5. The monoisotopic (exact) mass is 300 g/mol. The largest absolute Gasteiger partial charge is 0.347 e. The van der Waals surface area contributed by atoms with Crippen LogP contribution in [-0.4, -0.2) is 50.4 Å². The average molecular weight is 300 g/mol. The van der Waals surface area contributed by atoms with Gasteiger partial charge in [-0.25, -0.2) is 15.0 Å². The summed E-state index contributed by atoms with van der Waals surface area (Å²) < 4.78 is 0. The Morgan fingerprint density at radius 2 is 2.23 bits per heavy atom. The SMILES string of the molecule is Cc1ncc(CN(C)C)c([C@@H]2CCCN2Cc2cnc[nH]2)n1. The highest BCUT2D eigenvalue weighted by atomic mass is 15.2. The molecule has 0 spiro atoms. The molecular formula is C16H24N6. The van der Waals surface area contributed by atoms with Gasteiger partial charge in [0.25, 0.3) is 0 Å². The number of aromatic nitrogens is 4. The lowest BCUT2D eigenvalue weighted by Gasteiger charge is -2.26. The molecule has 1 fully saturated rings. The Labute approximate surface area is 131 Å². The second-order valence-corrected chi connectivity index (χ2v) is 6.27. The van der Waals surface area contributed by atoms with E-state index in [0.717, 1.165) is 37.6 Å². The van der Waals surface area contributed by atoms with Crippen molar-refractivity contribution in [2.45, 2.75) is 38.9 Å². The van der Waals surface area contributed by atoms with Gasteiger partial charge in [-0.3, -0.25) is 4.90 Å². The number of rotatable bonds is 5. The third kappa shape index (κ3) is 3.34. The number of likely N-dealkylation sites (tertiary alicyclic amines) is 1. The Morgan fingerprint density at radius 1 is 1.36 bits per heavy atom. The molecule has 2 aromatic heterocycles. The molecule has 118 valence electrons. The zero-order chi connectivity index (χ0) is 15.5. The van der Waals surface area contributed by atoms with Gasteiger partial charge in [0, 0.05) is 36.7 Å². The molecule has 0 saturated carbocycles. The highest BCUT2D eigenvalue weighted by Gasteiger charge is 2.29. The average Bonchev–Trinajstić information content (AvgIpc) is 3.12. The maximum Gasteiger partial charge on any atom is 0.125 e. The molecule has 6 nitrogen and oxygen atoms in total. The first-order chi connectivity index (χ1) is 10.6. The molecule has 3 rings (SSSR count). The summed E-state index contributed by atoms with van der Waals surface area (Å²) in [5.74, 6) is 0.853. The number of nitrogens with zero attached hydrogens (tertiary/aromatic N) is 5. The second kappa shape index (κ2) is 6.54. The van der Waals surface area contributed by atoms with Gasteiger partial charge in [-0.1, -0.05) is 0 Å². The van der Waals surface area contributed by atoms with Crippen molar-refractivity contribution >= 4 is 0 Å². The predicted molar refractivity (Wildman–Crippen MR) is 85.1 cm³/mol. The van der Waals surface area contributed by atoms with Gasteiger partial charge >= 0.3 is 0 Å². The highest BCUT2D eigenvalue weighted by molar-refractivity contribution is 5.22. The molecule has 1 N–H and O–H groups in total. The minimum absolute atomic E-state index is 0.375. The normalized spacial score (nSPS) is 19.2. The van der Waals surface area contributed by atoms with Crippen LogP contribution in [0.3, 0.4) is 0 Å². The Morgan fingerprint density at radius 3 is 2.95 bits per heavy atom. The Kier molecular flexibility index (Phi) is 4.49. The summed E-state index contributed by atoms with van der Waals surface area (Å²) in [7, 11) is 4.17. The molecule has 0 unspecified atom stereocenters. The van der Waals surface area contributed by atoms with E-state index in [4.69, 9.17) is 4.98 Å². The summed E-state index contributed by atoms with van der Waals surface area (Å²) in [6, 6.07) is 0.375. The lowest BCUT2D eigenvalue weighted by molar-refractivity contribution is 0.238. The molecule has 0 aliphatic carbocycles. The van der Waals surface area contributed by atoms with Gasteiger partial charge in [-0.2, -0.15) is 0 Å². The van der Waals surface area contributed by atoms with Crippen molar-refractivity contribution in [3.63, 3.8) is 0 Å². The maximum absolute atomic E-state index is 4.78. The fourth-order valence-corrected chi connectivity index (χ4v) is 3.18. The van der Waals surface area contributed by atoms with E-state index in [0.29, 0.717) is 6.04 Å². The molecule has 22 heavy (non-hydrogen) atoms. The third-order valence-electron chi connectivity index (χ3n) is 4.11. The standard InChI is InChI=1S/C16H24N6/c1-12-18-7-13(9-21(2)3)16(20-12)15-5-4-6-22(15)10-14-8-17-11-19-14/h7-8,11,15H,4-6,9-10H2,1-3H3,(H,17,19)/t15-/m0/s1. The molecule has 0 bridgehead atoms. The maximum atomic E-state index is 4.78. The first-order valence-electron chi connectivity index (χ1n) is 7.82. The fraction of sp³-hybridized carbons (Fsp3) is 0.562. The van der Waals surface area contributed by atoms with Gasteiger partial charge in [-0.05, 0) is 40.4 Å². The van der Waals surface area contributed by atoms with Gasteiger partial charge in [-0.15, -0.1) is 0 Å². The van der Waals surface area contributed by atoms with E-state index in [1.54, 1.807) is 6.33 Å². The lowest BCUT2D eigenvalue weighted by Crippen LogP contribution is -2.26. The van der Waals surface area contributed by atoms with Crippen molar-refractivity contribution in [1.29, 1.82) is 0 Å². The van der Waals surface area contributed by atoms with Crippen molar-refractivity contribution in [1.82, 2.24) is 29.7 Å². The molecule has 1 aliphatic heterocycles. The Balaban J connectivity index is 1.86. The summed E-state index contributed by atoms with van der Waals surface area (Å²) in [6.45, 7) is 4.85. The predicted octanol–water partition coefficient (Wildman–Crippen LogP) is 1.91. The van der Waals surface area contributed by atoms with Crippen LogP contribution in [0.15, 0.2) is 18.7 Å². The fourth-order valence-electron chi connectivity index (χ4n) is 3.18. The molecule has 2 aromatic rings. The minimum Gasteiger partial charge on any atom is -0.347 e. The van der Waals surface area contributed by atoms with Gasteiger partial charge in [0.15, 0.2) is 0 Å². The molecule has 0 aromatic carbocycles. The number of imidazole rings is 1. The number of aryl methyl sites for hydroxylation is 1. The summed E-state index contributed by atoms with van der Waals surface area (Å²) >= 11 is 0. The Bertz CT molecular complexity index is 607. The molecule has 3 heterocycles. The number of aromatic amines is 1. The molecule has 1 saturated heterocycles. The first kappa shape index (κ1) is 15.1. The van der Waals surface area contributed by atoms with Crippen LogP contribution in [0.5, 0.6) is 0 Å². The quantitative estimate of drug-likeness (QED) is 0.914. The number of H-pyrrole nitrogens is 1. The van der Waals surface area contributed by atoms with E-state index in [9.17, 15) is 0 Å². The Hall–Kier alpha value is -1.79. The summed E-state index contributed by atoms with van der Waals surface area (Å²) in [6.07, 6.45) is 8.01. The molecule has 6 heteroatoms. The van der Waals surface area contributed by atoms with Crippen LogP contribution >= 0.6 is 0 Å². The van der Waals surface area contributed by atoms with Gasteiger partial charge < -0.3 is 9.88 Å². The van der Waals surface area contributed by atoms with Crippen LogP contribution < -0.4 is 0 Å². The van der Waals surface area contributed by atoms with Gasteiger partial charge in [0.1, 0.15) is 5.82 Å². The van der Waals surface area contributed by atoms with Crippen molar-refractivity contribution in [2.75, 3.05) is 20.6 Å². The first-order valence-corrected chi connectivity index (χ1v) is 7.82. The molecule has 0 radical (unpaired) electrons. The molecule has 1 atom stereocenters. The van der Waals surface area contributed by atoms with Crippen molar-refractivity contribution in [3.8, 4) is 0 Å². The van der Waals surface area contributed by atoms with Crippen LogP contribution in [0.1, 0.15) is 41.7 Å². The van der Waals surface area contributed by atoms with Crippen molar-refractivity contribution < 1.29 is 0 Å². The van der Waals surface area contributed by atoms with Crippen LogP contribution in [0.4, 0.5) is 0 Å². The second-order valence-electron chi connectivity index (χ2n) is 6.27. The minimum atomic E-state index is 0.375. The van der Waals surface area contributed by atoms with Crippen LogP contribution in [0.25, 0.3) is 0 Å². The lowest BCUT2D eigenvalue weighted by atomic mass is 10.1. The molecular weight excluding hydrogens is 276 g/mol. The van der Waals surface area contributed by atoms with Crippen LogP contribution in [-0.2, 0) is 13.1 Å². The van der Waals surface area contributed by atoms with Crippen molar-refractivity contribution in [2.24, 2.45) is 0 Å². The van der Waals surface area contributed by atoms with Gasteiger partial charge in [0.05, 0.1) is 18.1 Å². The van der Waals surface area contributed by atoms with E-state index in [1.165, 1.54) is 17.7 Å². The zero-order valence-electron chi connectivity index (χ0n) is 13.6. The van der Waals surface area contributed by atoms with E-state index in [-0.39, 0.29) is 0 Å². The summed E-state index contributed by atoms with van der Waals surface area (Å²) in [5.41, 5.74) is 3.59. The zero-order valence-corrected chi connectivity index (χ0v) is 13.6. The number of hydrogen-bond donors (Lipinski definition) is 1. The van der Waals surface area contributed by atoms with E-state index in [2.05, 4.69) is 38.8 Å². The summed E-state index contributed by atoms with van der Waals surface area (Å²) in [4.78, 5) is 21.2. The molecule has 0 amide bonds. The highest BCUT2D eigenvalue weighted by Crippen LogP contribution is 2.33. The van der Waals surface area contributed by atoms with Gasteiger partial charge in [0.2, 0.25) is 0 Å². The third-order valence-corrected chi connectivity index (χ3v) is 4.11. The van der Waals surface area contributed by atoms with Crippen LogP contribution in [0.2, 0.25) is 0 Å². The molecule has 1 aliphatic rings. The summed E-state index contributed by atoms with van der Waals surface area (Å²) in [5, 5.41) is 0. The smallest absolute Gasteiger partial charge is 0.125 e.